The van der Waals surface area contributed by atoms with Crippen LogP contribution in [0.1, 0.15) is 20.8 Å². The van der Waals surface area contributed by atoms with Gasteiger partial charge in [-0.25, -0.2) is 4.98 Å². The van der Waals surface area contributed by atoms with Gasteiger partial charge in [-0.15, -0.1) is 11.3 Å². The fraction of sp³-hybridized carbons (Fsp3) is 0.158. The number of ether oxygens (including phenoxy) is 2. The van der Waals surface area contributed by atoms with E-state index >= 15 is 0 Å². The molecule has 0 atom stereocenters. The van der Waals surface area contributed by atoms with Crippen molar-refractivity contribution in [1.29, 1.82) is 0 Å². The lowest BCUT2D eigenvalue weighted by Crippen LogP contribution is -2.13. The molecular formula is C19H17ClN2O3S. The molecule has 0 unspecified atom stereocenters. The largest absolute Gasteiger partial charge is 0.497 e. The summed E-state index contributed by atoms with van der Waals surface area (Å²) in [7, 11) is 3.07. The highest BCUT2D eigenvalue weighted by Crippen LogP contribution is 2.27. The Kier molecular flexibility index (Phi) is 5.75. The van der Waals surface area contributed by atoms with Gasteiger partial charge in [0.2, 0.25) is 0 Å². The van der Waals surface area contributed by atoms with Crippen LogP contribution in [0.15, 0.2) is 48.7 Å². The van der Waals surface area contributed by atoms with Crippen molar-refractivity contribution >= 4 is 34.0 Å². The molecule has 0 radical (unpaired) electrons. The van der Waals surface area contributed by atoms with Crippen LogP contribution in [0.3, 0.4) is 0 Å². The van der Waals surface area contributed by atoms with Crippen LogP contribution >= 0.6 is 22.9 Å². The lowest BCUT2D eigenvalue weighted by Gasteiger charge is -2.09. The standard InChI is InChI=1S/C19H17ClN2O3S/c1-24-14-7-8-16(17(10-14)25-2)18(23)22-19-21-11-15(26-19)9-12-3-5-13(20)6-4-12/h3-8,10-11H,9H2,1-2H3,(H,21,22,23). The van der Waals surface area contributed by atoms with Crippen LogP contribution in [0, 0.1) is 0 Å². The minimum atomic E-state index is -0.281. The van der Waals surface area contributed by atoms with Gasteiger partial charge in [0.1, 0.15) is 11.5 Å². The van der Waals surface area contributed by atoms with Crippen molar-refractivity contribution in [3.05, 3.63) is 69.7 Å². The van der Waals surface area contributed by atoms with Crippen molar-refractivity contribution in [3.8, 4) is 11.5 Å². The van der Waals surface area contributed by atoms with E-state index in [-0.39, 0.29) is 5.91 Å². The first kappa shape index (κ1) is 18.2. The van der Waals surface area contributed by atoms with Gasteiger partial charge in [-0.1, -0.05) is 23.7 Å². The molecule has 0 fully saturated rings. The van der Waals surface area contributed by atoms with Gasteiger partial charge in [-0.3, -0.25) is 10.1 Å². The van der Waals surface area contributed by atoms with E-state index in [1.807, 2.05) is 24.3 Å². The van der Waals surface area contributed by atoms with Gasteiger partial charge in [0.05, 0.1) is 19.8 Å². The Labute approximate surface area is 160 Å². The molecule has 0 saturated carbocycles. The number of hydrogen-bond acceptors (Lipinski definition) is 5. The van der Waals surface area contributed by atoms with Crippen LogP contribution in [-0.2, 0) is 6.42 Å². The Morgan fingerprint density at radius 2 is 1.92 bits per heavy atom. The van der Waals surface area contributed by atoms with Gasteiger partial charge >= 0.3 is 0 Å². The fourth-order valence-electron chi connectivity index (χ4n) is 2.40. The Bertz CT molecular complexity index is 909. The summed E-state index contributed by atoms with van der Waals surface area (Å²) >= 11 is 7.34. The van der Waals surface area contributed by atoms with E-state index in [2.05, 4.69) is 10.3 Å². The molecule has 7 heteroatoms. The van der Waals surface area contributed by atoms with Crippen LogP contribution in [0.4, 0.5) is 5.13 Å². The highest BCUT2D eigenvalue weighted by atomic mass is 35.5. The van der Waals surface area contributed by atoms with Crippen LogP contribution in [0.25, 0.3) is 0 Å². The highest BCUT2D eigenvalue weighted by molar-refractivity contribution is 7.15. The molecule has 134 valence electrons. The van der Waals surface area contributed by atoms with E-state index in [0.717, 1.165) is 16.9 Å². The zero-order chi connectivity index (χ0) is 18.5. The van der Waals surface area contributed by atoms with Crippen molar-refractivity contribution in [2.75, 3.05) is 19.5 Å². The summed E-state index contributed by atoms with van der Waals surface area (Å²) in [6, 6.07) is 12.7. The van der Waals surface area contributed by atoms with E-state index in [4.69, 9.17) is 21.1 Å². The summed E-state index contributed by atoms with van der Waals surface area (Å²) in [4.78, 5) is 17.8. The van der Waals surface area contributed by atoms with Gasteiger partial charge in [-0.05, 0) is 29.8 Å². The number of carbonyl (C=O) groups excluding carboxylic acids is 1. The highest BCUT2D eigenvalue weighted by Gasteiger charge is 2.15. The number of amides is 1. The van der Waals surface area contributed by atoms with Gasteiger partial charge in [-0.2, -0.15) is 0 Å². The molecule has 1 heterocycles. The van der Waals surface area contributed by atoms with Crippen molar-refractivity contribution in [2.45, 2.75) is 6.42 Å². The molecule has 0 saturated heterocycles. The maximum Gasteiger partial charge on any atom is 0.261 e. The molecule has 0 aliphatic rings. The zero-order valence-electron chi connectivity index (χ0n) is 14.3. The quantitative estimate of drug-likeness (QED) is 0.667. The Morgan fingerprint density at radius 1 is 1.15 bits per heavy atom. The number of carbonyl (C=O) groups is 1. The van der Waals surface area contributed by atoms with Crippen LogP contribution < -0.4 is 14.8 Å². The number of aromatic nitrogens is 1. The molecule has 0 spiro atoms. The van der Waals surface area contributed by atoms with Crippen molar-refractivity contribution in [1.82, 2.24) is 4.98 Å². The fourth-order valence-corrected chi connectivity index (χ4v) is 3.37. The number of hydrogen-bond donors (Lipinski definition) is 1. The molecule has 2 aromatic carbocycles. The molecule has 0 bridgehead atoms. The summed E-state index contributed by atoms with van der Waals surface area (Å²) in [5.41, 5.74) is 1.55. The molecule has 5 nitrogen and oxygen atoms in total. The van der Waals surface area contributed by atoms with E-state index < -0.39 is 0 Å². The smallest absolute Gasteiger partial charge is 0.261 e. The van der Waals surface area contributed by atoms with Gasteiger partial charge in [0.15, 0.2) is 5.13 Å². The first-order valence-electron chi connectivity index (χ1n) is 7.81. The van der Waals surface area contributed by atoms with Crippen LogP contribution in [0.2, 0.25) is 5.02 Å². The van der Waals surface area contributed by atoms with Crippen molar-refractivity contribution < 1.29 is 14.3 Å². The molecule has 1 N–H and O–H groups in total. The topological polar surface area (TPSA) is 60.5 Å². The van der Waals surface area contributed by atoms with E-state index in [9.17, 15) is 4.79 Å². The number of thiazole rings is 1. The van der Waals surface area contributed by atoms with Gasteiger partial charge in [0.25, 0.3) is 5.91 Å². The predicted molar refractivity (Wildman–Crippen MR) is 104 cm³/mol. The number of rotatable bonds is 6. The number of anilines is 1. The first-order valence-corrected chi connectivity index (χ1v) is 9.01. The van der Waals surface area contributed by atoms with Crippen LogP contribution in [-0.4, -0.2) is 25.1 Å². The number of nitrogens with zero attached hydrogens (tertiary/aromatic N) is 1. The molecule has 0 aliphatic carbocycles. The number of benzene rings is 2. The van der Waals surface area contributed by atoms with E-state index in [1.54, 1.807) is 31.5 Å². The molecule has 1 amide bonds. The SMILES string of the molecule is COc1ccc(C(=O)Nc2ncc(Cc3ccc(Cl)cc3)s2)c(OC)c1. The number of halogens is 1. The minimum Gasteiger partial charge on any atom is -0.497 e. The molecule has 1 aromatic heterocycles. The van der Waals surface area contributed by atoms with Gasteiger partial charge in [0, 0.05) is 28.6 Å². The molecule has 3 rings (SSSR count). The van der Waals surface area contributed by atoms with E-state index in [0.29, 0.717) is 27.2 Å². The summed E-state index contributed by atoms with van der Waals surface area (Å²) < 4.78 is 10.4. The maximum atomic E-state index is 12.5. The Morgan fingerprint density at radius 3 is 2.62 bits per heavy atom. The third-order valence-corrected chi connectivity index (χ3v) is 4.88. The second-order valence-electron chi connectivity index (χ2n) is 5.46. The minimum absolute atomic E-state index is 0.281. The second kappa shape index (κ2) is 8.21. The van der Waals surface area contributed by atoms with Crippen LogP contribution in [0.5, 0.6) is 11.5 Å². The molecule has 26 heavy (non-hydrogen) atoms. The van der Waals surface area contributed by atoms with Gasteiger partial charge < -0.3 is 9.47 Å². The summed E-state index contributed by atoms with van der Waals surface area (Å²) in [5.74, 6) is 0.787. The Balaban J connectivity index is 1.70. The third kappa shape index (κ3) is 4.33. The number of methoxy groups -OCH3 is 2. The normalized spacial score (nSPS) is 10.4. The third-order valence-electron chi connectivity index (χ3n) is 3.72. The zero-order valence-corrected chi connectivity index (χ0v) is 15.9. The average Bonchev–Trinajstić information content (AvgIpc) is 3.09. The van der Waals surface area contributed by atoms with Crippen molar-refractivity contribution in [2.24, 2.45) is 0 Å². The number of nitrogens with one attached hydrogen (secondary N) is 1. The lowest BCUT2D eigenvalue weighted by atomic mass is 10.1. The molecule has 0 aliphatic heterocycles. The predicted octanol–water partition coefficient (Wildman–Crippen LogP) is 4.66. The summed E-state index contributed by atoms with van der Waals surface area (Å²) in [6.07, 6.45) is 2.50. The molecular weight excluding hydrogens is 372 g/mol. The monoisotopic (exact) mass is 388 g/mol. The Hall–Kier alpha value is -2.57. The average molecular weight is 389 g/mol. The summed E-state index contributed by atoms with van der Waals surface area (Å²) in [6.45, 7) is 0. The first-order chi connectivity index (χ1) is 12.6. The second-order valence-corrected chi connectivity index (χ2v) is 7.01. The molecule has 3 aromatic rings. The van der Waals surface area contributed by atoms with E-state index in [1.165, 1.54) is 18.4 Å². The lowest BCUT2D eigenvalue weighted by molar-refractivity contribution is 0.102. The van der Waals surface area contributed by atoms with Crippen molar-refractivity contribution in [3.63, 3.8) is 0 Å². The summed E-state index contributed by atoms with van der Waals surface area (Å²) in [5, 5.41) is 4.06. The maximum absolute atomic E-state index is 12.5.